The Labute approximate surface area is 188 Å². The Balaban J connectivity index is 1.88. The van der Waals surface area contributed by atoms with E-state index in [2.05, 4.69) is 15.4 Å². The molecular formula is C20H21N3O7S2. The smallest absolute Gasteiger partial charge is 0.338 e. The van der Waals surface area contributed by atoms with Gasteiger partial charge < -0.3 is 20.1 Å². The van der Waals surface area contributed by atoms with Gasteiger partial charge in [0.15, 0.2) is 0 Å². The van der Waals surface area contributed by atoms with Gasteiger partial charge in [-0.05, 0) is 43.6 Å². The van der Waals surface area contributed by atoms with E-state index in [0.717, 1.165) is 0 Å². The molecule has 1 atom stereocenters. The predicted octanol–water partition coefficient (Wildman–Crippen LogP) is 1.68. The molecule has 0 fully saturated rings. The third kappa shape index (κ3) is 5.15. The van der Waals surface area contributed by atoms with Crippen molar-refractivity contribution in [2.24, 2.45) is 0 Å². The summed E-state index contributed by atoms with van der Waals surface area (Å²) in [5.74, 6) is -1.49. The quantitative estimate of drug-likeness (QED) is 0.490. The molecule has 1 aromatic carbocycles. The monoisotopic (exact) mass is 479 g/mol. The second-order valence-corrected chi connectivity index (χ2v) is 9.34. The number of esters is 2. The van der Waals surface area contributed by atoms with Gasteiger partial charge in [-0.3, -0.25) is 0 Å². The number of hydrogen-bond acceptors (Lipinski definition) is 8. The minimum absolute atomic E-state index is 0.00493. The Morgan fingerprint density at radius 2 is 1.94 bits per heavy atom. The van der Waals surface area contributed by atoms with Crippen molar-refractivity contribution in [3.63, 3.8) is 0 Å². The number of hydrogen-bond donors (Lipinski definition) is 3. The van der Waals surface area contributed by atoms with E-state index in [9.17, 15) is 22.8 Å². The zero-order valence-electron chi connectivity index (χ0n) is 17.2. The predicted molar refractivity (Wildman–Crippen MR) is 115 cm³/mol. The van der Waals surface area contributed by atoms with Gasteiger partial charge in [-0.2, -0.15) is 0 Å². The number of carbonyl (C=O) groups is 3. The molecule has 2 amide bonds. The minimum atomic E-state index is -3.75. The number of sulfonamides is 1. The second kappa shape index (κ2) is 9.94. The number of ether oxygens (including phenoxy) is 2. The van der Waals surface area contributed by atoms with Crippen LogP contribution >= 0.6 is 11.3 Å². The van der Waals surface area contributed by atoms with Crippen LogP contribution in [-0.2, 0) is 24.3 Å². The molecule has 0 saturated heterocycles. The zero-order chi connectivity index (χ0) is 23.3. The van der Waals surface area contributed by atoms with Crippen molar-refractivity contribution in [2.45, 2.75) is 17.9 Å². The van der Waals surface area contributed by atoms with Gasteiger partial charge in [0.2, 0.25) is 10.0 Å². The van der Waals surface area contributed by atoms with Gasteiger partial charge in [0.25, 0.3) is 0 Å². The highest BCUT2D eigenvalue weighted by atomic mass is 32.2. The molecule has 10 nitrogen and oxygen atoms in total. The molecule has 170 valence electrons. The fraction of sp³-hybridized carbons (Fsp3) is 0.250. The van der Waals surface area contributed by atoms with Gasteiger partial charge in [0.1, 0.15) is 6.61 Å². The highest BCUT2D eigenvalue weighted by molar-refractivity contribution is 7.89. The van der Waals surface area contributed by atoms with Crippen LogP contribution < -0.4 is 15.4 Å². The van der Waals surface area contributed by atoms with Crippen molar-refractivity contribution in [2.75, 3.05) is 20.3 Å². The lowest BCUT2D eigenvalue weighted by Crippen LogP contribution is -2.46. The average molecular weight is 480 g/mol. The zero-order valence-corrected chi connectivity index (χ0v) is 18.8. The molecule has 1 aliphatic heterocycles. The highest BCUT2D eigenvalue weighted by Crippen LogP contribution is 2.30. The maximum Gasteiger partial charge on any atom is 0.338 e. The van der Waals surface area contributed by atoms with Gasteiger partial charge in [-0.1, -0.05) is 12.1 Å². The van der Waals surface area contributed by atoms with Crippen LogP contribution in [0.15, 0.2) is 57.9 Å². The first-order valence-electron chi connectivity index (χ1n) is 9.48. The summed E-state index contributed by atoms with van der Waals surface area (Å²) in [6.07, 6.45) is 0. The highest BCUT2D eigenvalue weighted by Gasteiger charge is 2.34. The minimum Gasteiger partial charge on any atom is -0.463 e. The van der Waals surface area contributed by atoms with E-state index in [4.69, 9.17) is 9.47 Å². The molecule has 1 aliphatic rings. The Kier molecular flexibility index (Phi) is 7.28. The van der Waals surface area contributed by atoms with E-state index in [1.165, 1.54) is 42.6 Å². The van der Waals surface area contributed by atoms with Crippen LogP contribution in [0.1, 0.15) is 28.2 Å². The molecule has 0 radical (unpaired) electrons. The fourth-order valence-corrected chi connectivity index (χ4v) is 4.54. The summed E-state index contributed by atoms with van der Waals surface area (Å²) in [6, 6.07) is 7.52. The molecule has 1 aromatic heterocycles. The van der Waals surface area contributed by atoms with Crippen molar-refractivity contribution in [1.82, 2.24) is 15.4 Å². The first-order chi connectivity index (χ1) is 15.3. The van der Waals surface area contributed by atoms with E-state index in [1.807, 2.05) is 0 Å². The molecule has 0 bridgehead atoms. The SMILES string of the molecule is CCOC(=O)C1=C(COC(=O)c2cccc(S(=O)(=O)NC)c2)NC(=O)NC1c1cccs1. The van der Waals surface area contributed by atoms with Crippen LogP contribution in [-0.4, -0.2) is 46.6 Å². The molecule has 1 unspecified atom stereocenters. The summed E-state index contributed by atoms with van der Waals surface area (Å²) in [5, 5.41) is 6.98. The van der Waals surface area contributed by atoms with Crippen LogP contribution in [0, 0.1) is 0 Å². The summed E-state index contributed by atoms with van der Waals surface area (Å²) in [7, 11) is -2.49. The Hall–Kier alpha value is -3.22. The fourth-order valence-electron chi connectivity index (χ4n) is 2.98. The largest absolute Gasteiger partial charge is 0.463 e. The molecule has 2 heterocycles. The number of amides is 2. The van der Waals surface area contributed by atoms with Crippen LogP contribution in [0.2, 0.25) is 0 Å². The van der Waals surface area contributed by atoms with Crippen LogP contribution in [0.3, 0.4) is 0 Å². The van der Waals surface area contributed by atoms with Crippen LogP contribution in [0.5, 0.6) is 0 Å². The molecule has 3 rings (SSSR count). The summed E-state index contributed by atoms with van der Waals surface area (Å²) in [5.41, 5.74) is 0.195. The number of urea groups is 1. The van der Waals surface area contributed by atoms with Crippen molar-refractivity contribution in [1.29, 1.82) is 0 Å². The standard InChI is InChI=1S/C20H21N3O7S2/c1-3-29-19(25)16-14(22-20(26)23-17(16)15-8-5-9-31-15)11-30-18(24)12-6-4-7-13(10-12)32(27,28)21-2/h4-10,17,21H,3,11H2,1-2H3,(H2,22,23,26). The van der Waals surface area contributed by atoms with E-state index in [1.54, 1.807) is 24.4 Å². The van der Waals surface area contributed by atoms with Crippen molar-refractivity contribution < 1.29 is 32.3 Å². The summed E-state index contributed by atoms with van der Waals surface area (Å²) in [6.45, 7) is 1.35. The Morgan fingerprint density at radius 1 is 1.16 bits per heavy atom. The lowest BCUT2D eigenvalue weighted by molar-refractivity contribution is -0.139. The number of rotatable bonds is 8. The first-order valence-corrected chi connectivity index (χ1v) is 11.8. The number of nitrogens with one attached hydrogen (secondary N) is 3. The Bertz CT molecular complexity index is 1160. The molecule has 32 heavy (non-hydrogen) atoms. The average Bonchev–Trinajstić information content (AvgIpc) is 3.32. The molecule has 12 heteroatoms. The topological polar surface area (TPSA) is 140 Å². The lowest BCUT2D eigenvalue weighted by atomic mass is 10.0. The summed E-state index contributed by atoms with van der Waals surface area (Å²) >= 11 is 1.35. The molecule has 0 aliphatic carbocycles. The van der Waals surface area contributed by atoms with E-state index in [-0.39, 0.29) is 28.3 Å². The third-order valence-electron chi connectivity index (χ3n) is 4.47. The van der Waals surface area contributed by atoms with Crippen molar-refractivity contribution in [3.05, 3.63) is 63.5 Å². The van der Waals surface area contributed by atoms with Crippen LogP contribution in [0.25, 0.3) is 0 Å². The maximum absolute atomic E-state index is 12.6. The van der Waals surface area contributed by atoms with Gasteiger partial charge in [-0.25, -0.2) is 27.5 Å². The molecule has 3 N–H and O–H groups in total. The molecule has 2 aromatic rings. The second-order valence-electron chi connectivity index (χ2n) is 6.47. The molecule has 0 spiro atoms. The summed E-state index contributed by atoms with van der Waals surface area (Å²) < 4.78 is 36.5. The van der Waals surface area contributed by atoms with Crippen LogP contribution in [0.4, 0.5) is 4.79 Å². The van der Waals surface area contributed by atoms with Gasteiger partial charge in [0, 0.05) is 4.88 Å². The first kappa shape index (κ1) is 23.4. The normalized spacial score (nSPS) is 16.2. The van der Waals surface area contributed by atoms with Crippen molar-refractivity contribution in [3.8, 4) is 0 Å². The molecule has 0 saturated carbocycles. The lowest BCUT2D eigenvalue weighted by Gasteiger charge is -2.28. The van der Waals surface area contributed by atoms with Gasteiger partial charge in [0.05, 0.1) is 34.4 Å². The van der Waals surface area contributed by atoms with E-state index in [0.29, 0.717) is 4.88 Å². The number of benzene rings is 1. The Morgan fingerprint density at radius 3 is 2.59 bits per heavy atom. The number of carbonyl (C=O) groups excluding carboxylic acids is 3. The van der Waals surface area contributed by atoms with Crippen molar-refractivity contribution >= 4 is 39.3 Å². The summed E-state index contributed by atoms with van der Waals surface area (Å²) in [4.78, 5) is 38.0. The van der Waals surface area contributed by atoms with Gasteiger partial charge in [-0.15, -0.1) is 11.3 Å². The van der Waals surface area contributed by atoms with E-state index < -0.39 is 40.6 Å². The maximum atomic E-state index is 12.6. The molecular weight excluding hydrogens is 458 g/mol. The van der Waals surface area contributed by atoms with E-state index >= 15 is 0 Å². The number of thiophene rings is 1. The van der Waals surface area contributed by atoms with Gasteiger partial charge >= 0.3 is 18.0 Å². The third-order valence-corrected chi connectivity index (χ3v) is 6.82.